The molecule has 0 heterocycles. The molecule has 0 spiro atoms. The first-order valence-electron chi connectivity index (χ1n) is 3.58. The van der Waals surface area contributed by atoms with E-state index >= 15 is 0 Å². The number of amides is 1. The fraction of sp³-hybridized carbons (Fsp3) is 0.714. The van der Waals surface area contributed by atoms with Gasteiger partial charge in [-0.25, -0.2) is 4.79 Å². The number of nitrogens with zero attached hydrogens (tertiary/aromatic N) is 1. The van der Waals surface area contributed by atoms with E-state index in [1.54, 1.807) is 0 Å². The van der Waals surface area contributed by atoms with Crippen molar-refractivity contribution in [3.8, 4) is 0 Å². The zero-order valence-electron chi connectivity index (χ0n) is 7.72. The van der Waals surface area contributed by atoms with Crippen LogP contribution < -0.4 is 0 Å². The average molecular weight is 191 g/mol. The summed E-state index contributed by atoms with van der Waals surface area (Å²) in [6.45, 7) is 1.53. The van der Waals surface area contributed by atoms with Gasteiger partial charge in [0.2, 0.25) is 0 Å². The van der Waals surface area contributed by atoms with E-state index in [2.05, 4.69) is 9.73 Å². The Balaban J connectivity index is 4.59. The van der Waals surface area contributed by atoms with E-state index in [9.17, 15) is 4.79 Å². The van der Waals surface area contributed by atoms with Crippen molar-refractivity contribution in [2.75, 3.05) is 14.2 Å². The molecule has 0 aliphatic heterocycles. The van der Waals surface area contributed by atoms with Crippen molar-refractivity contribution >= 4 is 11.8 Å². The number of rotatable bonds is 3. The highest BCUT2D eigenvalue weighted by Crippen LogP contribution is 1.98. The fourth-order valence-corrected chi connectivity index (χ4v) is 0.630. The van der Waals surface area contributed by atoms with Gasteiger partial charge in [-0.2, -0.15) is 4.99 Å². The van der Waals surface area contributed by atoms with Gasteiger partial charge in [-0.3, -0.25) is 0 Å². The maximum absolute atomic E-state index is 10.7. The third kappa shape index (κ3) is 3.97. The molecule has 6 nitrogen and oxygen atoms in total. The number of methoxy groups -OCH3 is 2. The predicted octanol–water partition coefficient (Wildman–Crippen LogP) is -0.461. The van der Waals surface area contributed by atoms with Crippen LogP contribution in [-0.2, 0) is 9.47 Å². The van der Waals surface area contributed by atoms with E-state index in [0.717, 1.165) is 7.11 Å². The molecular weight excluding hydrogens is 178 g/mol. The molecule has 0 unspecified atom stereocenters. The van der Waals surface area contributed by atoms with Crippen molar-refractivity contribution in [3.63, 3.8) is 0 Å². The molecular formula is C7H13NO5. The second kappa shape index (κ2) is 5.63. The largest absolute Gasteiger partial charge is 0.451 e. The Morgan fingerprint density at radius 1 is 1.38 bits per heavy atom. The number of carbonyl (C=O) groups is 1. The van der Waals surface area contributed by atoms with Crippen LogP contribution in [0.2, 0.25) is 0 Å². The summed E-state index contributed by atoms with van der Waals surface area (Å²) in [4.78, 5) is 14.0. The SMILES string of the molecule is COC(=O)/N=C(/C(O)O)[C@@H](C)OC. The summed E-state index contributed by atoms with van der Waals surface area (Å²) in [6, 6.07) is 0. The molecule has 6 heteroatoms. The molecule has 0 rings (SSSR count). The Bertz CT molecular complexity index is 201. The second-order valence-electron chi connectivity index (χ2n) is 2.26. The quantitative estimate of drug-likeness (QED) is 0.465. The van der Waals surface area contributed by atoms with Crippen LogP contribution in [0, 0.1) is 0 Å². The summed E-state index contributed by atoms with van der Waals surface area (Å²) >= 11 is 0. The molecule has 0 aliphatic rings. The molecule has 2 N–H and O–H groups in total. The van der Waals surface area contributed by atoms with Crippen molar-refractivity contribution in [1.29, 1.82) is 0 Å². The van der Waals surface area contributed by atoms with Gasteiger partial charge in [-0.1, -0.05) is 0 Å². The lowest BCUT2D eigenvalue weighted by molar-refractivity contribution is 0.00857. The monoisotopic (exact) mass is 191 g/mol. The van der Waals surface area contributed by atoms with Crippen molar-refractivity contribution in [1.82, 2.24) is 0 Å². The lowest BCUT2D eigenvalue weighted by Gasteiger charge is -2.13. The highest BCUT2D eigenvalue weighted by Gasteiger charge is 2.18. The van der Waals surface area contributed by atoms with Gasteiger partial charge >= 0.3 is 6.09 Å². The van der Waals surface area contributed by atoms with Gasteiger partial charge in [0, 0.05) is 7.11 Å². The van der Waals surface area contributed by atoms with Crippen molar-refractivity contribution in [2.45, 2.75) is 19.3 Å². The van der Waals surface area contributed by atoms with E-state index in [4.69, 9.17) is 14.9 Å². The van der Waals surface area contributed by atoms with E-state index < -0.39 is 18.5 Å². The van der Waals surface area contributed by atoms with Gasteiger partial charge < -0.3 is 19.7 Å². The predicted molar refractivity (Wildman–Crippen MR) is 44.5 cm³/mol. The molecule has 13 heavy (non-hydrogen) atoms. The highest BCUT2D eigenvalue weighted by atomic mass is 16.5. The molecule has 1 atom stereocenters. The number of hydrogen-bond donors (Lipinski definition) is 2. The van der Waals surface area contributed by atoms with Crippen LogP contribution in [-0.4, -0.2) is 48.6 Å². The maximum atomic E-state index is 10.7. The first-order chi connectivity index (χ1) is 6.02. The second-order valence-corrected chi connectivity index (χ2v) is 2.26. The van der Waals surface area contributed by atoms with Gasteiger partial charge in [0.15, 0.2) is 6.29 Å². The van der Waals surface area contributed by atoms with E-state index in [0.29, 0.717) is 0 Å². The molecule has 0 aliphatic carbocycles. The van der Waals surface area contributed by atoms with Gasteiger partial charge in [0.25, 0.3) is 0 Å². The lowest BCUT2D eigenvalue weighted by atomic mass is 10.2. The maximum Gasteiger partial charge on any atom is 0.433 e. The number of aliphatic hydroxyl groups excluding tert-OH is 1. The summed E-state index contributed by atoms with van der Waals surface area (Å²) in [7, 11) is 2.50. The number of carbonyl (C=O) groups excluding carboxylic acids is 1. The van der Waals surface area contributed by atoms with Gasteiger partial charge in [0.1, 0.15) is 5.71 Å². The van der Waals surface area contributed by atoms with Crippen LogP contribution in [0.1, 0.15) is 6.92 Å². The first kappa shape index (κ1) is 12.0. The summed E-state index contributed by atoms with van der Waals surface area (Å²) in [5.74, 6) is 0. The highest BCUT2D eigenvalue weighted by molar-refractivity contribution is 5.97. The Labute approximate surface area is 75.8 Å². The van der Waals surface area contributed by atoms with E-state index in [1.165, 1.54) is 14.0 Å². The van der Waals surface area contributed by atoms with E-state index in [1.807, 2.05) is 0 Å². The molecule has 1 amide bonds. The third-order valence-electron chi connectivity index (χ3n) is 1.43. The Kier molecular flexibility index (Phi) is 5.20. The van der Waals surface area contributed by atoms with Gasteiger partial charge in [0.05, 0.1) is 13.2 Å². The Morgan fingerprint density at radius 2 is 1.92 bits per heavy atom. The Morgan fingerprint density at radius 3 is 2.23 bits per heavy atom. The van der Waals surface area contributed by atoms with Crippen LogP contribution in [0.15, 0.2) is 4.99 Å². The van der Waals surface area contributed by atoms with Crippen LogP contribution >= 0.6 is 0 Å². The number of ether oxygens (including phenoxy) is 2. The number of aliphatic imine (C=N–C) groups is 1. The molecule has 76 valence electrons. The minimum atomic E-state index is -1.82. The van der Waals surface area contributed by atoms with Crippen molar-refractivity contribution in [3.05, 3.63) is 0 Å². The smallest absolute Gasteiger partial charge is 0.433 e. The summed E-state index contributed by atoms with van der Waals surface area (Å²) in [6.07, 6.45) is -3.37. The lowest BCUT2D eigenvalue weighted by Crippen LogP contribution is -2.32. The van der Waals surface area contributed by atoms with Gasteiger partial charge in [-0.15, -0.1) is 0 Å². The molecule has 0 saturated carbocycles. The zero-order valence-corrected chi connectivity index (χ0v) is 7.72. The molecule has 0 aromatic rings. The molecule has 0 fully saturated rings. The standard InChI is InChI=1S/C7H13NO5/c1-4(12-2)5(6(9)10)8-7(11)13-3/h4,6,9-10H,1-3H3/b8-5+/t4-/m1/s1. The normalized spacial score (nSPS) is 14.5. The molecule has 0 bridgehead atoms. The third-order valence-corrected chi connectivity index (χ3v) is 1.43. The topological polar surface area (TPSA) is 88.4 Å². The molecule has 0 saturated heterocycles. The first-order valence-corrected chi connectivity index (χ1v) is 3.58. The zero-order chi connectivity index (χ0) is 10.4. The van der Waals surface area contributed by atoms with Crippen LogP contribution in [0.4, 0.5) is 4.79 Å². The van der Waals surface area contributed by atoms with Crippen LogP contribution in [0.3, 0.4) is 0 Å². The number of aliphatic hydroxyl groups is 2. The average Bonchev–Trinajstić information content (AvgIpc) is 2.11. The van der Waals surface area contributed by atoms with Gasteiger partial charge in [-0.05, 0) is 6.92 Å². The minimum Gasteiger partial charge on any atom is -0.451 e. The molecule has 0 radical (unpaired) electrons. The molecule has 0 aromatic heterocycles. The fourth-order valence-electron chi connectivity index (χ4n) is 0.630. The number of hydrogen-bond acceptors (Lipinski definition) is 5. The summed E-state index contributed by atoms with van der Waals surface area (Å²) < 4.78 is 8.98. The molecule has 0 aromatic carbocycles. The van der Waals surface area contributed by atoms with Crippen LogP contribution in [0.5, 0.6) is 0 Å². The Hall–Kier alpha value is -0.980. The van der Waals surface area contributed by atoms with Crippen molar-refractivity contribution < 1.29 is 24.5 Å². The summed E-state index contributed by atoms with van der Waals surface area (Å²) in [5, 5.41) is 17.6. The van der Waals surface area contributed by atoms with E-state index in [-0.39, 0.29) is 5.71 Å². The van der Waals surface area contributed by atoms with Crippen molar-refractivity contribution in [2.24, 2.45) is 4.99 Å². The van der Waals surface area contributed by atoms with Crippen LogP contribution in [0.25, 0.3) is 0 Å². The minimum absolute atomic E-state index is 0.186. The summed E-state index contributed by atoms with van der Waals surface area (Å²) in [5.41, 5.74) is -0.186.